The van der Waals surface area contributed by atoms with E-state index in [0.717, 1.165) is 18.7 Å². The van der Waals surface area contributed by atoms with Gasteiger partial charge < -0.3 is 33.9 Å². The summed E-state index contributed by atoms with van der Waals surface area (Å²) >= 11 is 0. The molecule has 0 saturated carbocycles. The van der Waals surface area contributed by atoms with Crippen LogP contribution in [0.5, 0.6) is 23.0 Å². The van der Waals surface area contributed by atoms with E-state index in [1.54, 1.807) is 37.5 Å². The summed E-state index contributed by atoms with van der Waals surface area (Å²) in [5, 5.41) is 19.9. The number of aromatic hydroxyl groups is 2. The fraction of sp³-hybridized carbons (Fsp3) is 0.333. The molecule has 9 heteroatoms. The monoisotopic (exact) mass is 453 g/mol. The lowest BCUT2D eigenvalue weighted by molar-refractivity contribution is 0.0147. The fourth-order valence-electron chi connectivity index (χ4n) is 3.64. The summed E-state index contributed by atoms with van der Waals surface area (Å²) in [6, 6.07) is 8.95. The highest BCUT2D eigenvalue weighted by atomic mass is 16.7. The lowest BCUT2D eigenvalue weighted by Gasteiger charge is -2.24. The molecule has 2 N–H and O–H groups in total. The van der Waals surface area contributed by atoms with E-state index < -0.39 is 18.3 Å². The van der Waals surface area contributed by atoms with E-state index in [-0.39, 0.29) is 18.1 Å². The third kappa shape index (κ3) is 4.88. The molecule has 0 bridgehead atoms. The molecule has 0 aliphatic carbocycles. The van der Waals surface area contributed by atoms with Crippen molar-refractivity contribution in [2.75, 3.05) is 27.2 Å². The molecule has 0 amide bonds. The number of hydrogen-bond acceptors (Lipinski definition) is 8. The minimum absolute atomic E-state index is 0.217. The van der Waals surface area contributed by atoms with Crippen LogP contribution in [0.4, 0.5) is 0 Å². The predicted molar refractivity (Wildman–Crippen MR) is 120 cm³/mol. The molecule has 174 valence electrons. The van der Waals surface area contributed by atoms with E-state index in [1.807, 2.05) is 24.9 Å². The molecule has 0 fully saturated rings. The normalized spacial score (nSPS) is 15.6. The second-order valence-electron chi connectivity index (χ2n) is 8.04. The van der Waals surface area contributed by atoms with Gasteiger partial charge in [-0.3, -0.25) is 0 Å². The summed E-state index contributed by atoms with van der Waals surface area (Å²) in [4.78, 5) is 18.7. The molecule has 2 aromatic carbocycles. The first-order chi connectivity index (χ1) is 15.9. The van der Waals surface area contributed by atoms with Crippen LogP contribution in [0, 0.1) is 0 Å². The van der Waals surface area contributed by atoms with Crippen LogP contribution in [0.3, 0.4) is 0 Å². The maximum atomic E-state index is 12.1. The number of hydrogen-bond donors (Lipinski definition) is 2. The van der Waals surface area contributed by atoms with Crippen LogP contribution in [0.15, 0.2) is 48.9 Å². The molecule has 3 aromatic rings. The Balaban J connectivity index is 1.65. The van der Waals surface area contributed by atoms with Crippen molar-refractivity contribution in [1.82, 2.24) is 14.5 Å². The van der Waals surface area contributed by atoms with Gasteiger partial charge in [0.25, 0.3) is 6.29 Å². The van der Waals surface area contributed by atoms with Crippen LogP contribution >= 0.6 is 0 Å². The average molecular weight is 453 g/mol. The Morgan fingerprint density at radius 1 is 1.15 bits per heavy atom. The van der Waals surface area contributed by atoms with Crippen molar-refractivity contribution in [3.05, 3.63) is 65.7 Å². The first-order valence-corrected chi connectivity index (χ1v) is 10.7. The van der Waals surface area contributed by atoms with E-state index in [1.165, 1.54) is 12.1 Å². The highest BCUT2D eigenvalue weighted by Crippen LogP contribution is 2.41. The van der Waals surface area contributed by atoms with Crippen LogP contribution < -0.4 is 9.47 Å². The van der Waals surface area contributed by atoms with Crippen LogP contribution in [0.25, 0.3) is 0 Å². The van der Waals surface area contributed by atoms with Gasteiger partial charge in [-0.25, -0.2) is 9.78 Å². The summed E-state index contributed by atoms with van der Waals surface area (Å²) in [6.45, 7) is 2.87. The molecular formula is C24H27N3O6. The van der Waals surface area contributed by atoms with Gasteiger partial charge in [0.05, 0.1) is 24.2 Å². The van der Waals surface area contributed by atoms with Crippen molar-refractivity contribution in [3.8, 4) is 23.0 Å². The maximum Gasteiger partial charge on any atom is 0.338 e. The third-order valence-corrected chi connectivity index (χ3v) is 5.33. The summed E-state index contributed by atoms with van der Waals surface area (Å²) in [6.07, 6.45) is 3.58. The fourth-order valence-corrected chi connectivity index (χ4v) is 3.64. The van der Waals surface area contributed by atoms with Gasteiger partial charge in [0.2, 0.25) is 0 Å². The summed E-state index contributed by atoms with van der Waals surface area (Å²) in [5.41, 5.74) is 1.93. The summed E-state index contributed by atoms with van der Waals surface area (Å²) < 4.78 is 19.1. The Morgan fingerprint density at radius 3 is 2.67 bits per heavy atom. The minimum atomic E-state index is -0.794. The minimum Gasteiger partial charge on any atom is -0.504 e. The standard InChI is InChI=1S/C24H27N3O6/c1-4-31-23(30)16-6-8-20-21(12-16)33-24(32-20)22(15-5-7-18(28)19(29)11-15)27-13-17(25-14-27)9-10-26(2)3/h5-8,11-14,22,24,28-29H,4,9-10H2,1-3H3. The van der Waals surface area contributed by atoms with Crippen LogP contribution in [0.1, 0.15) is 34.6 Å². The molecule has 9 nitrogen and oxygen atoms in total. The summed E-state index contributed by atoms with van der Waals surface area (Å²) in [7, 11) is 4.00. The zero-order valence-electron chi connectivity index (χ0n) is 18.8. The third-order valence-electron chi connectivity index (χ3n) is 5.33. The second-order valence-corrected chi connectivity index (χ2v) is 8.04. The number of esters is 1. The molecule has 0 radical (unpaired) electrons. The first kappa shape index (κ1) is 22.5. The van der Waals surface area contributed by atoms with E-state index in [0.29, 0.717) is 22.6 Å². The SMILES string of the molecule is CCOC(=O)c1ccc2c(c1)OC(C(c1ccc(O)c(O)c1)n1cnc(CCN(C)C)c1)O2. The molecule has 1 aliphatic rings. The van der Waals surface area contributed by atoms with Gasteiger partial charge in [-0.2, -0.15) is 0 Å². The maximum absolute atomic E-state index is 12.1. The van der Waals surface area contributed by atoms with Crippen molar-refractivity contribution in [2.24, 2.45) is 0 Å². The number of rotatable bonds is 8. The molecule has 2 atom stereocenters. The Labute approximate surface area is 191 Å². The van der Waals surface area contributed by atoms with Gasteiger partial charge in [0.15, 0.2) is 23.0 Å². The lowest BCUT2D eigenvalue weighted by atomic mass is 10.1. The number of ether oxygens (including phenoxy) is 3. The Hall–Kier alpha value is -3.72. The molecule has 0 spiro atoms. The lowest BCUT2D eigenvalue weighted by Crippen LogP contribution is -2.31. The van der Waals surface area contributed by atoms with Gasteiger partial charge in [0.1, 0.15) is 6.04 Å². The van der Waals surface area contributed by atoms with Gasteiger partial charge in [-0.1, -0.05) is 6.07 Å². The molecule has 2 heterocycles. The van der Waals surface area contributed by atoms with Crippen molar-refractivity contribution in [1.29, 1.82) is 0 Å². The largest absolute Gasteiger partial charge is 0.504 e. The zero-order chi connectivity index (χ0) is 23.5. The Bertz CT molecular complexity index is 1140. The van der Waals surface area contributed by atoms with E-state index in [2.05, 4.69) is 9.88 Å². The van der Waals surface area contributed by atoms with Crippen LogP contribution in [-0.4, -0.2) is 64.2 Å². The number of nitrogens with zero attached hydrogens (tertiary/aromatic N) is 3. The topological polar surface area (TPSA) is 106 Å². The zero-order valence-corrected chi connectivity index (χ0v) is 18.8. The number of imidazole rings is 1. The first-order valence-electron chi connectivity index (χ1n) is 10.7. The molecule has 33 heavy (non-hydrogen) atoms. The molecular weight excluding hydrogens is 426 g/mol. The average Bonchev–Trinajstić information content (AvgIpc) is 3.41. The summed E-state index contributed by atoms with van der Waals surface area (Å²) in [5.74, 6) is 0.0176. The quantitative estimate of drug-likeness (QED) is 0.396. The van der Waals surface area contributed by atoms with Crippen molar-refractivity contribution < 1.29 is 29.2 Å². The van der Waals surface area contributed by atoms with Gasteiger partial charge in [0, 0.05) is 19.2 Å². The molecule has 1 aromatic heterocycles. The van der Waals surface area contributed by atoms with Crippen molar-refractivity contribution in [3.63, 3.8) is 0 Å². The number of carbonyl (C=O) groups excluding carboxylic acids is 1. The number of likely N-dealkylation sites (N-methyl/N-ethyl adjacent to an activating group) is 1. The van der Waals surface area contributed by atoms with Gasteiger partial charge in [-0.15, -0.1) is 0 Å². The molecule has 1 aliphatic heterocycles. The van der Waals surface area contributed by atoms with Crippen LogP contribution in [-0.2, 0) is 11.2 Å². The molecule has 4 rings (SSSR count). The highest BCUT2D eigenvalue weighted by Gasteiger charge is 2.35. The molecule has 0 saturated heterocycles. The number of benzene rings is 2. The number of carbonyl (C=O) groups is 1. The van der Waals surface area contributed by atoms with Crippen molar-refractivity contribution in [2.45, 2.75) is 25.7 Å². The number of phenolic OH excluding ortho intramolecular Hbond substituents is 2. The smallest absolute Gasteiger partial charge is 0.338 e. The van der Waals surface area contributed by atoms with Crippen LogP contribution in [0.2, 0.25) is 0 Å². The van der Waals surface area contributed by atoms with E-state index in [4.69, 9.17) is 14.2 Å². The Morgan fingerprint density at radius 2 is 1.94 bits per heavy atom. The van der Waals surface area contributed by atoms with Crippen molar-refractivity contribution >= 4 is 5.97 Å². The predicted octanol–water partition coefficient (Wildman–Crippen LogP) is 2.96. The molecule has 2 unspecified atom stereocenters. The van der Waals surface area contributed by atoms with Gasteiger partial charge in [-0.05, 0) is 56.9 Å². The number of fused-ring (bicyclic) bond motifs is 1. The van der Waals surface area contributed by atoms with Gasteiger partial charge >= 0.3 is 5.97 Å². The Kier molecular flexibility index (Phi) is 6.41. The van der Waals surface area contributed by atoms with E-state index in [9.17, 15) is 15.0 Å². The number of phenols is 2. The highest BCUT2D eigenvalue weighted by molar-refractivity contribution is 5.90. The second kappa shape index (κ2) is 9.41. The number of aromatic nitrogens is 2. The van der Waals surface area contributed by atoms with E-state index >= 15 is 0 Å².